The van der Waals surface area contributed by atoms with E-state index in [0.29, 0.717) is 12.8 Å². The van der Waals surface area contributed by atoms with Crippen LogP contribution in [-0.2, 0) is 11.2 Å². The van der Waals surface area contributed by atoms with Crippen molar-refractivity contribution in [2.75, 3.05) is 0 Å². The van der Waals surface area contributed by atoms with Gasteiger partial charge >= 0.3 is 12.0 Å². The Morgan fingerprint density at radius 2 is 2.05 bits per heavy atom. The Bertz CT molecular complexity index is 441. The molecule has 0 spiro atoms. The van der Waals surface area contributed by atoms with E-state index in [4.69, 9.17) is 0 Å². The Hall–Kier alpha value is -1.56. The van der Waals surface area contributed by atoms with Crippen LogP contribution < -0.4 is 10.6 Å². The van der Waals surface area contributed by atoms with E-state index in [2.05, 4.69) is 10.6 Å². The molecule has 1 atom stereocenters. The van der Waals surface area contributed by atoms with E-state index < -0.39 is 17.5 Å². The van der Waals surface area contributed by atoms with Crippen LogP contribution in [0.15, 0.2) is 16.8 Å². The van der Waals surface area contributed by atoms with Gasteiger partial charge < -0.3 is 15.7 Å². The standard InChI is InChI=1S/C14H22N2O3S/c1-4-14(5-2,12(17)18)16-13(19)15-10(3)8-11-6-7-20-9-11/h6-7,9-10H,4-5,8H2,1-3H3,(H,17,18)(H2,15,16,19). The average molecular weight is 298 g/mol. The Kier molecular flexibility index (Phi) is 6.01. The van der Waals surface area contributed by atoms with Crippen LogP contribution in [-0.4, -0.2) is 28.7 Å². The van der Waals surface area contributed by atoms with E-state index in [1.807, 2.05) is 23.8 Å². The van der Waals surface area contributed by atoms with Crippen LogP contribution in [0.5, 0.6) is 0 Å². The first-order valence-electron chi connectivity index (χ1n) is 6.76. The predicted molar refractivity (Wildman–Crippen MR) is 80.1 cm³/mol. The first-order chi connectivity index (χ1) is 9.43. The molecule has 0 aliphatic rings. The van der Waals surface area contributed by atoms with Gasteiger partial charge in [-0.15, -0.1) is 0 Å². The summed E-state index contributed by atoms with van der Waals surface area (Å²) in [7, 11) is 0. The fraction of sp³-hybridized carbons (Fsp3) is 0.571. The molecule has 0 aliphatic carbocycles. The number of carbonyl (C=O) groups is 2. The molecule has 112 valence electrons. The molecule has 0 fully saturated rings. The number of urea groups is 1. The Morgan fingerprint density at radius 1 is 1.40 bits per heavy atom. The van der Waals surface area contributed by atoms with Crippen molar-refractivity contribution in [3.8, 4) is 0 Å². The smallest absolute Gasteiger partial charge is 0.329 e. The first kappa shape index (κ1) is 16.5. The van der Waals surface area contributed by atoms with Gasteiger partial charge in [0.2, 0.25) is 0 Å². The summed E-state index contributed by atoms with van der Waals surface area (Å²) in [5, 5.41) is 18.7. The maximum absolute atomic E-state index is 11.9. The van der Waals surface area contributed by atoms with E-state index in [9.17, 15) is 14.7 Å². The molecule has 5 nitrogen and oxygen atoms in total. The monoisotopic (exact) mass is 298 g/mol. The van der Waals surface area contributed by atoms with Crippen LogP contribution >= 0.6 is 11.3 Å². The Morgan fingerprint density at radius 3 is 2.50 bits per heavy atom. The summed E-state index contributed by atoms with van der Waals surface area (Å²) >= 11 is 1.62. The second-order valence-corrected chi connectivity index (χ2v) is 5.71. The lowest BCUT2D eigenvalue weighted by atomic mass is 9.93. The van der Waals surface area contributed by atoms with E-state index in [1.165, 1.54) is 5.56 Å². The summed E-state index contributed by atoms with van der Waals surface area (Å²) in [4.78, 5) is 23.3. The van der Waals surface area contributed by atoms with Crippen LogP contribution in [0.1, 0.15) is 39.2 Å². The molecule has 2 amide bonds. The molecule has 0 aliphatic heterocycles. The Labute approximate surface area is 123 Å². The van der Waals surface area contributed by atoms with Gasteiger partial charge in [-0.25, -0.2) is 9.59 Å². The number of carbonyl (C=O) groups excluding carboxylic acids is 1. The van der Waals surface area contributed by atoms with Crippen molar-refractivity contribution in [1.29, 1.82) is 0 Å². The minimum Gasteiger partial charge on any atom is -0.480 e. The zero-order valence-corrected chi connectivity index (χ0v) is 12.9. The molecule has 1 heterocycles. The van der Waals surface area contributed by atoms with E-state index in [-0.39, 0.29) is 6.04 Å². The zero-order valence-electron chi connectivity index (χ0n) is 12.1. The van der Waals surface area contributed by atoms with Gasteiger partial charge in [0.15, 0.2) is 0 Å². The lowest BCUT2D eigenvalue weighted by Crippen LogP contribution is -2.57. The van der Waals surface area contributed by atoms with Gasteiger partial charge in [-0.2, -0.15) is 11.3 Å². The van der Waals surface area contributed by atoms with Crippen LogP contribution in [0.4, 0.5) is 4.79 Å². The first-order valence-corrected chi connectivity index (χ1v) is 7.71. The van der Waals surface area contributed by atoms with Crippen molar-refractivity contribution in [3.63, 3.8) is 0 Å². The molecule has 0 radical (unpaired) electrons. The van der Waals surface area contributed by atoms with Crippen molar-refractivity contribution in [2.45, 2.75) is 51.6 Å². The third-order valence-corrected chi connectivity index (χ3v) is 4.20. The number of thiophene rings is 1. The molecule has 0 saturated carbocycles. The van der Waals surface area contributed by atoms with Crippen molar-refractivity contribution in [3.05, 3.63) is 22.4 Å². The zero-order chi connectivity index (χ0) is 15.2. The number of nitrogens with one attached hydrogen (secondary N) is 2. The second kappa shape index (κ2) is 7.28. The largest absolute Gasteiger partial charge is 0.480 e. The van der Waals surface area contributed by atoms with Gasteiger partial charge in [0.05, 0.1) is 0 Å². The maximum Gasteiger partial charge on any atom is 0.329 e. The van der Waals surface area contributed by atoms with Crippen LogP contribution in [0.2, 0.25) is 0 Å². The lowest BCUT2D eigenvalue weighted by Gasteiger charge is -2.28. The van der Waals surface area contributed by atoms with E-state index in [0.717, 1.165) is 6.42 Å². The summed E-state index contributed by atoms with van der Waals surface area (Å²) in [5.41, 5.74) is -0.0232. The molecule has 6 heteroatoms. The fourth-order valence-electron chi connectivity index (χ4n) is 2.07. The van der Waals surface area contributed by atoms with Crippen molar-refractivity contribution >= 4 is 23.3 Å². The maximum atomic E-state index is 11.9. The van der Waals surface area contributed by atoms with Gasteiger partial charge in [-0.05, 0) is 48.6 Å². The molecule has 0 bridgehead atoms. The number of carboxylic acid groups (broad SMARTS) is 1. The third kappa shape index (κ3) is 4.23. The highest BCUT2D eigenvalue weighted by molar-refractivity contribution is 7.07. The van der Waals surface area contributed by atoms with Gasteiger partial charge in [0.25, 0.3) is 0 Å². The number of hydrogen-bond donors (Lipinski definition) is 3. The van der Waals surface area contributed by atoms with Crippen LogP contribution in [0, 0.1) is 0 Å². The number of aliphatic carboxylic acids is 1. The molecule has 1 aromatic heterocycles. The minimum absolute atomic E-state index is 0.0511. The molecule has 0 saturated heterocycles. The molecular weight excluding hydrogens is 276 g/mol. The van der Waals surface area contributed by atoms with Gasteiger partial charge in [0, 0.05) is 6.04 Å². The van der Waals surface area contributed by atoms with Crippen molar-refractivity contribution in [2.24, 2.45) is 0 Å². The topological polar surface area (TPSA) is 78.4 Å². The highest BCUT2D eigenvalue weighted by atomic mass is 32.1. The minimum atomic E-state index is -1.19. The van der Waals surface area contributed by atoms with Crippen LogP contribution in [0.25, 0.3) is 0 Å². The Balaban J connectivity index is 2.55. The van der Waals surface area contributed by atoms with Gasteiger partial charge in [-0.1, -0.05) is 13.8 Å². The second-order valence-electron chi connectivity index (χ2n) is 4.93. The molecule has 0 aromatic carbocycles. The highest BCUT2D eigenvalue weighted by Crippen LogP contribution is 2.15. The normalized spacial score (nSPS) is 12.8. The van der Waals surface area contributed by atoms with Gasteiger partial charge in [-0.3, -0.25) is 0 Å². The molecular formula is C14H22N2O3S. The van der Waals surface area contributed by atoms with E-state index >= 15 is 0 Å². The third-order valence-electron chi connectivity index (χ3n) is 3.47. The quantitative estimate of drug-likeness (QED) is 0.724. The fourth-order valence-corrected chi connectivity index (χ4v) is 2.75. The average Bonchev–Trinajstić information content (AvgIpc) is 2.88. The van der Waals surface area contributed by atoms with Crippen molar-refractivity contribution in [1.82, 2.24) is 10.6 Å². The molecule has 20 heavy (non-hydrogen) atoms. The highest BCUT2D eigenvalue weighted by Gasteiger charge is 2.36. The predicted octanol–water partition coefficient (Wildman–Crippen LogP) is 2.62. The summed E-state index contributed by atoms with van der Waals surface area (Å²) in [6.45, 7) is 5.41. The van der Waals surface area contributed by atoms with Crippen molar-refractivity contribution < 1.29 is 14.7 Å². The van der Waals surface area contributed by atoms with E-state index in [1.54, 1.807) is 25.2 Å². The number of rotatable bonds is 7. The van der Waals surface area contributed by atoms with Crippen LogP contribution in [0.3, 0.4) is 0 Å². The number of amides is 2. The lowest BCUT2D eigenvalue weighted by molar-refractivity contribution is -0.144. The number of carboxylic acids is 1. The number of hydrogen-bond acceptors (Lipinski definition) is 3. The summed E-state index contributed by atoms with van der Waals surface area (Å²) < 4.78 is 0. The van der Waals surface area contributed by atoms with Gasteiger partial charge in [0.1, 0.15) is 5.54 Å². The summed E-state index contributed by atoms with van der Waals surface area (Å²) in [6.07, 6.45) is 1.44. The molecule has 3 N–H and O–H groups in total. The SMILES string of the molecule is CCC(CC)(NC(=O)NC(C)Cc1ccsc1)C(=O)O. The molecule has 1 unspecified atom stereocenters. The molecule has 1 rings (SSSR count). The summed E-state index contributed by atoms with van der Waals surface area (Å²) in [5.74, 6) is -0.997. The molecule has 1 aromatic rings. The summed E-state index contributed by atoms with van der Waals surface area (Å²) in [6, 6.07) is 1.53.